The van der Waals surface area contributed by atoms with Crippen molar-refractivity contribution in [3.63, 3.8) is 0 Å². The maximum atomic E-state index is 12.5. The fourth-order valence-electron chi connectivity index (χ4n) is 3.46. The number of methoxy groups -OCH3 is 3. The maximum Gasteiger partial charge on any atom is 2.00 e. The van der Waals surface area contributed by atoms with E-state index in [0.29, 0.717) is 6.61 Å². The molecule has 1 atom stereocenters. The number of allylic oxidation sites excluding steroid dienone is 2. The number of hydrogen-bond donors (Lipinski definition) is 0. The van der Waals surface area contributed by atoms with Crippen LogP contribution >= 0.6 is 0 Å². The molecule has 0 amide bonds. The first kappa shape index (κ1) is 43.2. The summed E-state index contributed by atoms with van der Waals surface area (Å²) in [5.74, 6) is -2.11. The first-order valence-electron chi connectivity index (χ1n) is 11.6. The summed E-state index contributed by atoms with van der Waals surface area (Å²) in [6.07, 6.45) is 18.8. The number of carbonyl (C=O) groups excluding carboxylic acids is 3. The van der Waals surface area contributed by atoms with Crippen LogP contribution in [0.25, 0.3) is 0 Å². The van der Waals surface area contributed by atoms with Gasteiger partial charge in [0, 0.05) is 6.08 Å². The van der Waals surface area contributed by atoms with Crippen molar-refractivity contribution in [2.24, 2.45) is 5.41 Å². The predicted octanol–water partition coefficient (Wildman–Crippen LogP) is 3.79. The Balaban J connectivity index is -0.00000109. The topological polar surface area (TPSA) is 148 Å². The number of ether oxygens (including phenoxy) is 4. The van der Waals surface area contributed by atoms with Crippen LogP contribution in [0.15, 0.2) is 60.2 Å². The molecular weight excluding hydrogens is 716 g/mol. The van der Waals surface area contributed by atoms with Crippen molar-refractivity contribution in [1.29, 1.82) is 0 Å². The minimum Gasteiger partial charge on any atom is -0.0312 e. The standard InChI is InChI=1S/C23H25O7.C5H5.3CO.W/c1-27-19(24)12-8-15-23(21(25)28-2,22(26)29-3)14-7-11-18-13-16-30-20(18)17-9-5-4-6-10-17;1-2-4-5-3-1;3*1-2;/h4-12,20H,14-16H2,1-3H3;1-5H;;;;/q-1;;;;;+2/b11-7+,12-8+;;;;;. The molecule has 42 heavy (non-hydrogen) atoms. The van der Waals surface area contributed by atoms with Crippen LogP contribution < -0.4 is 0 Å². The van der Waals surface area contributed by atoms with E-state index in [1.165, 1.54) is 27.4 Å². The van der Waals surface area contributed by atoms with Crippen LogP contribution in [0.2, 0.25) is 0 Å². The smallest absolute Gasteiger partial charge is 0.0312 e. The van der Waals surface area contributed by atoms with Gasteiger partial charge in [0.2, 0.25) is 0 Å². The fraction of sp³-hybridized carbons (Fsp3) is 0.258. The third kappa shape index (κ3) is 15.1. The van der Waals surface area contributed by atoms with E-state index in [4.69, 9.17) is 28.2 Å². The number of benzene rings is 1. The van der Waals surface area contributed by atoms with Gasteiger partial charge >= 0.3 is 72.9 Å². The summed E-state index contributed by atoms with van der Waals surface area (Å²) in [5, 5.41) is 0. The number of carbonyl (C=O) groups is 3. The van der Waals surface area contributed by atoms with E-state index in [0.717, 1.165) is 17.2 Å². The Bertz CT molecular complexity index is 1010. The van der Waals surface area contributed by atoms with E-state index in [9.17, 15) is 14.4 Å². The summed E-state index contributed by atoms with van der Waals surface area (Å²) in [6, 6.07) is 9.67. The Morgan fingerprint density at radius 2 is 1.33 bits per heavy atom. The van der Waals surface area contributed by atoms with E-state index in [1.54, 1.807) is 12.2 Å². The molecule has 1 fully saturated rings. The van der Waals surface area contributed by atoms with Gasteiger partial charge in [-0.3, -0.25) is 9.59 Å². The van der Waals surface area contributed by atoms with Crippen LogP contribution in [0.3, 0.4) is 0 Å². The molecule has 1 aliphatic carbocycles. The van der Waals surface area contributed by atoms with Crippen LogP contribution in [-0.4, -0.2) is 45.8 Å². The fourth-order valence-corrected chi connectivity index (χ4v) is 3.46. The number of rotatable bonds is 9. The van der Waals surface area contributed by atoms with Gasteiger partial charge in [0.05, 0.1) is 27.4 Å². The minimum atomic E-state index is -1.63. The zero-order valence-electron chi connectivity index (χ0n) is 23.3. The van der Waals surface area contributed by atoms with Gasteiger partial charge in [-0.15, -0.1) is 0 Å². The van der Waals surface area contributed by atoms with E-state index in [1.807, 2.05) is 62.4 Å². The molecule has 1 heterocycles. The third-order valence-corrected chi connectivity index (χ3v) is 5.30. The molecule has 11 heteroatoms. The zero-order chi connectivity index (χ0) is 31.5. The molecule has 10 nitrogen and oxygen atoms in total. The molecule has 0 spiro atoms. The average molecular weight is 746 g/mol. The molecule has 1 saturated carbocycles. The van der Waals surface area contributed by atoms with Crippen molar-refractivity contribution in [2.75, 3.05) is 27.9 Å². The Morgan fingerprint density at radius 3 is 1.79 bits per heavy atom. The summed E-state index contributed by atoms with van der Waals surface area (Å²) in [4.78, 5) is 36.4. The Kier molecular flexibility index (Phi) is 28.6. The van der Waals surface area contributed by atoms with Gasteiger partial charge in [0.1, 0.15) is 0 Å². The second kappa shape index (κ2) is 27.9. The molecule has 0 N–H and O–H groups in total. The van der Waals surface area contributed by atoms with Crippen LogP contribution in [0, 0.1) is 63.5 Å². The van der Waals surface area contributed by atoms with Gasteiger partial charge in [-0.1, -0.05) is 36.4 Å². The van der Waals surface area contributed by atoms with Crippen molar-refractivity contribution in [2.45, 2.75) is 18.9 Å². The van der Waals surface area contributed by atoms with E-state index >= 15 is 0 Å². The number of esters is 3. The maximum absolute atomic E-state index is 12.5. The molecule has 1 aromatic rings. The van der Waals surface area contributed by atoms with Gasteiger partial charge in [0.25, 0.3) is 0 Å². The van der Waals surface area contributed by atoms with E-state index in [2.05, 4.69) is 30.8 Å². The van der Waals surface area contributed by atoms with Crippen molar-refractivity contribution >= 4 is 17.9 Å². The first-order chi connectivity index (χ1) is 20.0. The number of hydrogen-bond acceptors (Lipinski definition) is 7. The molecule has 0 saturated heterocycles. The zero-order valence-corrected chi connectivity index (χ0v) is 26.2. The van der Waals surface area contributed by atoms with Crippen molar-refractivity contribution in [3.05, 3.63) is 124 Å². The molecule has 0 bridgehead atoms. The summed E-state index contributed by atoms with van der Waals surface area (Å²) in [6.45, 7) is 13.8. The Labute approximate surface area is 261 Å². The van der Waals surface area contributed by atoms with Crippen LogP contribution in [0.1, 0.15) is 24.5 Å². The molecule has 219 valence electrons. The third-order valence-electron chi connectivity index (χ3n) is 5.30. The summed E-state index contributed by atoms with van der Waals surface area (Å²) >= 11 is 0. The molecule has 5 radical (unpaired) electrons. The second-order valence-electron chi connectivity index (χ2n) is 7.50. The quantitative estimate of drug-likeness (QED) is 0.0933. The monoisotopic (exact) mass is 746 g/mol. The molecular formula is C31H30O10W+. The van der Waals surface area contributed by atoms with Crippen molar-refractivity contribution in [3.8, 4) is 0 Å². The van der Waals surface area contributed by atoms with Gasteiger partial charge < -0.3 is 18.9 Å². The van der Waals surface area contributed by atoms with Gasteiger partial charge in [-0.25, -0.2) is 16.9 Å². The normalized spacial score (nSPS) is 14.8. The average Bonchev–Trinajstić information content (AvgIpc) is 3.79. The Hall–Kier alpha value is -3.28. The molecule has 0 aromatic heterocycles. The predicted molar refractivity (Wildman–Crippen MR) is 141 cm³/mol. The van der Waals surface area contributed by atoms with Gasteiger partial charge in [0.15, 0.2) is 5.41 Å². The summed E-state index contributed by atoms with van der Waals surface area (Å²) in [5.41, 5.74) is 0.151. The van der Waals surface area contributed by atoms with Crippen molar-refractivity contribution in [1.82, 2.24) is 0 Å². The largest absolute Gasteiger partial charge is 2.00 e. The van der Waals surface area contributed by atoms with Crippen LogP contribution in [-0.2, 0) is 68.4 Å². The van der Waals surface area contributed by atoms with Crippen molar-refractivity contribution < 1.29 is 68.4 Å². The molecule has 3 rings (SSSR count). The molecule has 1 aromatic carbocycles. The molecule has 2 aliphatic rings. The van der Waals surface area contributed by atoms with Crippen LogP contribution in [0.5, 0.6) is 0 Å². The molecule has 1 unspecified atom stereocenters. The summed E-state index contributed by atoms with van der Waals surface area (Å²) < 4.78 is 42.5. The molecule has 1 aliphatic heterocycles. The summed E-state index contributed by atoms with van der Waals surface area (Å²) in [7, 11) is 3.63. The van der Waals surface area contributed by atoms with Gasteiger partial charge in [-0.05, 0) is 57.1 Å². The van der Waals surface area contributed by atoms with E-state index < -0.39 is 23.3 Å². The second-order valence-corrected chi connectivity index (χ2v) is 7.50. The van der Waals surface area contributed by atoms with Gasteiger partial charge in [-0.2, -0.15) is 11.6 Å². The van der Waals surface area contributed by atoms with E-state index in [-0.39, 0.29) is 40.0 Å². The SMILES string of the molecule is COC(=O)/C=C/CC(C/C=C/C1=[C-]COC1c1ccccc1)(C(=O)OC)C(=O)OC.[C-]#[O+].[C-]#[O+].[C-]#[O+].[CH]1[CH][CH][CH][CH]1.[W+2]. The minimum absolute atomic E-state index is 0. The Morgan fingerprint density at radius 1 is 0.857 bits per heavy atom. The first-order valence-corrected chi connectivity index (χ1v) is 11.6. The van der Waals surface area contributed by atoms with Crippen LogP contribution in [0.4, 0.5) is 0 Å².